The van der Waals surface area contributed by atoms with Gasteiger partial charge in [0.1, 0.15) is 12.1 Å². The zero-order valence-corrected chi connectivity index (χ0v) is 11.2. The quantitative estimate of drug-likeness (QED) is 0.619. The summed E-state index contributed by atoms with van der Waals surface area (Å²) in [6.07, 6.45) is -0.663. The van der Waals surface area contributed by atoms with E-state index < -0.39 is 17.7 Å². The van der Waals surface area contributed by atoms with E-state index in [1.807, 2.05) is 13.8 Å². The third-order valence-corrected chi connectivity index (χ3v) is 1.10. The molecule has 0 unspecified atom stereocenters. The fourth-order valence-corrected chi connectivity index (χ4v) is 0.692. The van der Waals surface area contributed by atoms with Crippen LogP contribution in [0.1, 0.15) is 34.6 Å². The molecule has 1 amide bonds. The minimum atomic E-state index is -0.663. The Balaban J connectivity index is 0. The summed E-state index contributed by atoms with van der Waals surface area (Å²) in [6.45, 7) is 8.93. The molecule has 1 N–H and O–H groups in total. The summed E-state index contributed by atoms with van der Waals surface area (Å²) < 4.78 is 9.25. The standard InChI is InChI=1S/C8H14ClNO4.C2H6/c1-8(2,3)14-7(12)10-4-6(11)13-5-9;1-2/h4-5H2,1-3H3,(H,10,12);1-2H3. The summed E-state index contributed by atoms with van der Waals surface area (Å²) in [4.78, 5) is 21.7. The van der Waals surface area contributed by atoms with Crippen LogP contribution in [0.25, 0.3) is 0 Å². The molecule has 0 saturated carbocycles. The minimum absolute atomic E-state index is 0.227. The molecule has 0 radical (unpaired) electrons. The lowest BCUT2D eigenvalue weighted by atomic mass is 10.2. The second kappa shape index (κ2) is 9.27. The second-order valence-electron chi connectivity index (χ2n) is 3.48. The highest BCUT2D eigenvalue weighted by atomic mass is 35.5. The summed E-state index contributed by atoms with van der Waals surface area (Å²) in [7, 11) is 0. The van der Waals surface area contributed by atoms with Crippen LogP contribution < -0.4 is 5.32 Å². The Morgan fingerprint density at radius 3 is 2.12 bits per heavy atom. The van der Waals surface area contributed by atoms with Crippen LogP contribution in [0.5, 0.6) is 0 Å². The first-order valence-corrected chi connectivity index (χ1v) is 5.57. The number of carbonyl (C=O) groups is 2. The number of rotatable bonds is 3. The Kier molecular flexibility index (Phi) is 10.1. The van der Waals surface area contributed by atoms with Gasteiger partial charge >= 0.3 is 12.1 Å². The minimum Gasteiger partial charge on any atom is -0.448 e. The fourth-order valence-electron chi connectivity index (χ4n) is 0.570. The van der Waals surface area contributed by atoms with Gasteiger partial charge < -0.3 is 14.8 Å². The van der Waals surface area contributed by atoms with Crippen LogP contribution in [0.3, 0.4) is 0 Å². The van der Waals surface area contributed by atoms with Gasteiger partial charge in [0.2, 0.25) is 0 Å². The maximum Gasteiger partial charge on any atom is 0.408 e. The molecule has 0 heterocycles. The van der Waals surface area contributed by atoms with Crippen molar-refractivity contribution in [2.45, 2.75) is 40.2 Å². The number of nitrogens with one attached hydrogen (secondary N) is 1. The van der Waals surface area contributed by atoms with Crippen LogP contribution >= 0.6 is 11.6 Å². The number of alkyl carbamates (subject to hydrolysis) is 1. The highest BCUT2D eigenvalue weighted by Crippen LogP contribution is 2.06. The molecule has 0 rings (SSSR count). The fraction of sp³-hybridized carbons (Fsp3) is 0.800. The molecular formula is C10H20ClNO4. The van der Waals surface area contributed by atoms with Gasteiger partial charge in [0.15, 0.2) is 6.07 Å². The topological polar surface area (TPSA) is 64.6 Å². The molecule has 0 fully saturated rings. The van der Waals surface area contributed by atoms with Gasteiger partial charge in [-0.1, -0.05) is 25.4 Å². The summed E-state index contributed by atoms with van der Waals surface area (Å²) >= 11 is 5.13. The van der Waals surface area contributed by atoms with Crippen molar-refractivity contribution in [2.24, 2.45) is 0 Å². The van der Waals surface area contributed by atoms with E-state index in [1.165, 1.54) is 0 Å². The number of amides is 1. The SMILES string of the molecule is CC.CC(C)(C)OC(=O)NCC(=O)OCCl. The molecule has 0 aliphatic carbocycles. The maximum atomic E-state index is 11.0. The van der Waals surface area contributed by atoms with E-state index >= 15 is 0 Å². The highest BCUT2D eigenvalue weighted by Gasteiger charge is 2.16. The Labute approximate surface area is 101 Å². The van der Waals surface area contributed by atoms with Crippen molar-refractivity contribution in [3.05, 3.63) is 0 Å². The number of alkyl halides is 1. The van der Waals surface area contributed by atoms with E-state index in [-0.39, 0.29) is 12.6 Å². The van der Waals surface area contributed by atoms with E-state index in [1.54, 1.807) is 20.8 Å². The molecule has 0 aromatic rings. The molecule has 0 spiro atoms. The Hall–Kier alpha value is -0.970. The molecule has 0 aliphatic heterocycles. The maximum absolute atomic E-state index is 11.0. The number of hydrogen-bond acceptors (Lipinski definition) is 4. The second-order valence-corrected chi connectivity index (χ2v) is 3.70. The predicted octanol–water partition coefficient (Wildman–Crippen LogP) is 2.28. The molecule has 0 aromatic carbocycles. The Morgan fingerprint density at radius 1 is 1.25 bits per heavy atom. The van der Waals surface area contributed by atoms with Gasteiger partial charge in [-0.3, -0.25) is 4.79 Å². The number of hydrogen-bond donors (Lipinski definition) is 1. The number of carbonyl (C=O) groups excluding carboxylic acids is 2. The molecule has 96 valence electrons. The van der Waals surface area contributed by atoms with Crippen LogP contribution in [-0.2, 0) is 14.3 Å². The molecule has 6 heteroatoms. The van der Waals surface area contributed by atoms with E-state index in [0.717, 1.165) is 0 Å². The van der Waals surface area contributed by atoms with Crippen LogP contribution in [0.2, 0.25) is 0 Å². The Bertz CT molecular complexity index is 213. The Morgan fingerprint density at radius 2 is 1.75 bits per heavy atom. The molecule has 0 atom stereocenters. The third kappa shape index (κ3) is 13.0. The van der Waals surface area contributed by atoms with E-state index in [0.29, 0.717) is 0 Å². The van der Waals surface area contributed by atoms with Crippen LogP contribution in [0.15, 0.2) is 0 Å². The van der Waals surface area contributed by atoms with Gasteiger partial charge in [-0.15, -0.1) is 0 Å². The largest absolute Gasteiger partial charge is 0.448 e. The molecule has 5 nitrogen and oxygen atoms in total. The number of halogens is 1. The first-order valence-electron chi connectivity index (χ1n) is 5.03. The summed E-state index contributed by atoms with van der Waals surface area (Å²) in [5.41, 5.74) is -0.583. The van der Waals surface area contributed by atoms with Crippen molar-refractivity contribution >= 4 is 23.7 Å². The van der Waals surface area contributed by atoms with Crippen molar-refractivity contribution < 1.29 is 19.1 Å². The normalized spacial score (nSPS) is 9.62. The zero-order valence-electron chi connectivity index (χ0n) is 10.4. The van der Waals surface area contributed by atoms with Crippen LogP contribution in [-0.4, -0.2) is 30.3 Å². The summed E-state index contributed by atoms with van der Waals surface area (Å²) in [5, 5.41) is 2.23. The van der Waals surface area contributed by atoms with Crippen molar-refractivity contribution in [2.75, 3.05) is 12.6 Å². The van der Waals surface area contributed by atoms with E-state index in [9.17, 15) is 9.59 Å². The van der Waals surface area contributed by atoms with Gasteiger partial charge in [-0.25, -0.2) is 4.79 Å². The predicted molar refractivity (Wildman–Crippen MR) is 62.4 cm³/mol. The third-order valence-electron chi connectivity index (χ3n) is 0.991. The lowest BCUT2D eigenvalue weighted by Gasteiger charge is -2.19. The van der Waals surface area contributed by atoms with Crippen molar-refractivity contribution in [3.8, 4) is 0 Å². The van der Waals surface area contributed by atoms with Crippen LogP contribution in [0.4, 0.5) is 4.79 Å². The molecule has 0 aromatic heterocycles. The van der Waals surface area contributed by atoms with Gasteiger partial charge in [-0.05, 0) is 20.8 Å². The van der Waals surface area contributed by atoms with Gasteiger partial charge in [0.25, 0.3) is 0 Å². The molecular weight excluding hydrogens is 234 g/mol. The van der Waals surface area contributed by atoms with Crippen molar-refractivity contribution in [1.82, 2.24) is 5.32 Å². The molecule has 0 bridgehead atoms. The average Bonchev–Trinajstić information content (AvgIpc) is 2.16. The zero-order chi connectivity index (χ0) is 13.2. The number of ether oxygens (including phenoxy) is 2. The monoisotopic (exact) mass is 253 g/mol. The first kappa shape index (κ1) is 17.4. The molecule has 0 aliphatic rings. The number of esters is 1. The average molecular weight is 254 g/mol. The van der Waals surface area contributed by atoms with Gasteiger partial charge in [-0.2, -0.15) is 0 Å². The lowest BCUT2D eigenvalue weighted by molar-refractivity contribution is -0.140. The van der Waals surface area contributed by atoms with Crippen molar-refractivity contribution in [1.29, 1.82) is 0 Å². The van der Waals surface area contributed by atoms with E-state index in [2.05, 4.69) is 10.1 Å². The summed E-state index contributed by atoms with van der Waals surface area (Å²) in [5.74, 6) is -0.606. The van der Waals surface area contributed by atoms with Gasteiger partial charge in [0.05, 0.1) is 0 Å². The summed E-state index contributed by atoms with van der Waals surface area (Å²) in [6, 6.07) is -0.227. The first-order chi connectivity index (χ1) is 7.35. The smallest absolute Gasteiger partial charge is 0.408 e. The highest BCUT2D eigenvalue weighted by molar-refractivity contribution is 6.17. The lowest BCUT2D eigenvalue weighted by Crippen LogP contribution is -2.35. The molecule has 16 heavy (non-hydrogen) atoms. The van der Waals surface area contributed by atoms with Crippen LogP contribution in [0, 0.1) is 0 Å². The van der Waals surface area contributed by atoms with Gasteiger partial charge in [0, 0.05) is 0 Å². The van der Waals surface area contributed by atoms with Crippen molar-refractivity contribution in [3.63, 3.8) is 0 Å². The molecule has 0 saturated heterocycles. The van der Waals surface area contributed by atoms with E-state index in [4.69, 9.17) is 16.3 Å².